The maximum atomic E-state index is 13.0. The van der Waals surface area contributed by atoms with Gasteiger partial charge in [-0.05, 0) is 30.5 Å². The van der Waals surface area contributed by atoms with Gasteiger partial charge in [0.1, 0.15) is 5.82 Å². The van der Waals surface area contributed by atoms with Crippen LogP contribution < -0.4 is 5.73 Å². The van der Waals surface area contributed by atoms with E-state index in [4.69, 9.17) is 5.73 Å². The van der Waals surface area contributed by atoms with Crippen LogP contribution in [-0.4, -0.2) is 5.11 Å². The highest BCUT2D eigenvalue weighted by molar-refractivity contribution is 5.47. The molecule has 3 heteroatoms. The number of nitrogens with two attached hydrogens (primary N) is 1. The third-order valence-corrected chi connectivity index (χ3v) is 2.73. The van der Waals surface area contributed by atoms with E-state index in [0.29, 0.717) is 23.6 Å². The van der Waals surface area contributed by atoms with Crippen LogP contribution in [-0.2, 0) is 0 Å². The Hall–Kier alpha value is -1.09. The Balaban J connectivity index is 2.80. The summed E-state index contributed by atoms with van der Waals surface area (Å²) in [6.45, 7) is 4.12. The number of hydrogen-bond acceptors (Lipinski definition) is 2. The van der Waals surface area contributed by atoms with Crippen molar-refractivity contribution in [3.05, 3.63) is 29.6 Å². The van der Waals surface area contributed by atoms with Crippen molar-refractivity contribution in [3.8, 4) is 0 Å². The quantitative estimate of drug-likeness (QED) is 0.752. The van der Waals surface area contributed by atoms with Crippen molar-refractivity contribution in [2.24, 2.45) is 5.92 Å². The first kappa shape index (κ1) is 12.0. The Morgan fingerprint density at radius 3 is 2.73 bits per heavy atom. The molecule has 1 rings (SSSR count). The van der Waals surface area contributed by atoms with Crippen LogP contribution in [0, 0.1) is 11.7 Å². The first-order valence-corrected chi connectivity index (χ1v) is 5.27. The van der Waals surface area contributed by atoms with E-state index in [2.05, 4.69) is 13.8 Å². The summed E-state index contributed by atoms with van der Waals surface area (Å²) >= 11 is 0. The van der Waals surface area contributed by atoms with Gasteiger partial charge >= 0.3 is 0 Å². The molecular weight excluding hydrogens is 193 g/mol. The van der Waals surface area contributed by atoms with Crippen LogP contribution in [0.25, 0.3) is 0 Å². The van der Waals surface area contributed by atoms with E-state index in [1.54, 1.807) is 0 Å². The molecule has 2 nitrogen and oxygen atoms in total. The Bertz CT molecular complexity index is 327. The van der Waals surface area contributed by atoms with Gasteiger partial charge in [-0.1, -0.05) is 20.3 Å². The van der Waals surface area contributed by atoms with Gasteiger partial charge in [0.15, 0.2) is 0 Å². The van der Waals surface area contributed by atoms with E-state index >= 15 is 0 Å². The lowest BCUT2D eigenvalue weighted by atomic mass is 9.95. The molecule has 0 aliphatic rings. The number of anilines is 1. The van der Waals surface area contributed by atoms with Gasteiger partial charge in [0, 0.05) is 11.3 Å². The molecule has 0 heterocycles. The van der Waals surface area contributed by atoms with E-state index in [1.807, 2.05) is 0 Å². The lowest BCUT2D eigenvalue weighted by molar-refractivity contribution is 0.147. The number of benzene rings is 1. The standard InChI is InChI=1S/C12H18FNO/c1-3-8(2)6-12(15)10-7-9(13)4-5-11(10)14/h4-5,7-8,12,15H,3,6,14H2,1-2H3. The molecule has 0 aliphatic carbocycles. The average Bonchev–Trinajstić information content (AvgIpc) is 2.21. The van der Waals surface area contributed by atoms with Crippen molar-refractivity contribution >= 4 is 5.69 Å². The molecule has 0 amide bonds. The zero-order chi connectivity index (χ0) is 11.4. The van der Waals surface area contributed by atoms with Crippen molar-refractivity contribution in [2.45, 2.75) is 32.8 Å². The van der Waals surface area contributed by atoms with Crippen LogP contribution in [0.5, 0.6) is 0 Å². The minimum atomic E-state index is -0.671. The number of halogens is 1. The Morgan fingerprint density at radius 2 is 2.13 bits per heavy atom. The molecule has 15 heavy (non-hydrogen) atoms. The van der Waals surface area contributed by atoms with Crippen LogP contribution in [0.4, 0.5) is 10.1 Å². The van der Waals surface area contributed by atoms with Crippen LogP contribution in [0.3, 0.4) is 0 Å². The summed E-state index contributed by atoms with van der Waals surface area (Å²) < 4.78 is 13.0. The summed E-state index contributed by atoms with van der Waals surface area (Å²) in [6, 6.07) is 4.10. The van der Waals surface area contributed by atoms with Gasteiger partial charge in [0.25, 0.3) is 0 Å². The molecule has 0 aliphatic heterocycles. The highest BCUT2D eigenvalue weighted by Crippen LogP contribution is 2.27. The third-order valence-electron chi connectivity index (χ3n) is 2.73. The second-order valence-electron chi connectivity index (χ2n) is 4.04. The molecule has 0 aromatic heterocycles. The molecule has 0 saturated carbocycles. The summed E-state index contributed by atoms with van der Waals surface area (Å²) in [5.41, 5.74) is 6.63. The van der Waals surface area contributed by atoms with Crippen molar-refractivity contribution < 1.29 is 9.50 Å². The highest BCUT2D eigenvalue weighted by atomic mass is 19.1. The second-order valence-corrected chi connectivity index (χ2v) is 4.04. The minimum absolute atomic E-state index is 0.359. The molecule has 0 spiro atoms. The fraction of sp³-hybridized carbons (Fsp3) is 0.500. The molecule has 3 N–H and O–H groups in total. The maximum Gasteiger partial charge on any atom is 0.123 e. The van der Waals surface area contributed by atoms with E-state index in [-0.39, 0.29) is 5.82 Å². The zero-order valence-electron chi connectivity index (χ0n) is 9.20. The molecule has 84 valence electrons. The van der Waals surface area contributed by atoms with Gasteiger partial charge in [0.2, 0.25) is 0 Å². The van der Waals surface area contributed by atoms with Gasteiger partial charge in [0.05, 0.1) is 6.10 Å². The lowest BCUT2D eigenvalue weighted by Crippen LogP contribution is -2.07. The maximum absolute atomic E-state index is 13.0. The summed E-state index contributed by atoms with van der Waals surface area (Å²) in [6.07, 6.45) is 0.937. The molecule has 2 atom stereocenters. The van der Waals surface area contributed by atoms with Crippen molar-refractivity contribution in [1.82, 2.24) is 0 Å². The first-order valence-electron chi connectivity index (χ1n) is 5.27. The monoisotopic (exact) mass is 211 g/mol. The number of rotatable bonds is 4. The predicted molar refractivity (Wildman–Crippen MR) is 59.8 cm³/mol. The minimum Gasteiger partial charge on any atom is -0.398 e. The summed E-state index contributed by atoms with van der Waals surface area (Å²) in [5.74, 6) is 0.0464. The Morgan fingerprint density at radius 1 is 1.47 bits per heavy atom. The second kappa shape index (κ2) is 5.12. The number of nitrogen functional groups attached to an aromatic ring is 1. The molecule has 1 aromatic carbocycles. The fourth-order valence-corrected chi connectivity index (χ4v) is 1.51. The Labute approximate surface area is 89.9 Å². The fourth-order valence-electron chi connectivity index (χ4n) is 1.51. The summed E-state index contributed by atoms with van der Waals surface area (Å²) in [5, 5.41) is 9.88. The molecule has 0 saturated heterocycles. The predicted octanol–water partition coefficient (Wildman–Crippen LogP) is 2.88. The first-order chi connectivity index (χ1) is 7.04. The van der Waals surface area contributed by atoms with Crippen LogP contribution in [0.15, 0.2) is 18.2 Å². The smallest absolute Gasteiger partial charge is 0.123 e. The van der Waals surface area contributed by atoms with E-state index in [1.165, 1.54) is 18.2 Å². The zero-order valence-corrected chi connectivity index (χ0v) is 9.20. The SMILES string of the molecule is CCC(C)CC(O)c1cc(F)ccc1N. The van der Waals surface area contributed by atoms with Gasteiger partial charge in [-0.3, -0.25) is 0 Å². The molecule has 0 fully saturated rings. The van der Waals surface area contributed by atoms with Crippen LogP contribution >= 0.6 is 0 Å². The normalized spacial score (nSPS) is 14.9. The van der Waals surface area contributed by atoms with Gasteiger partial charge in [-0.25, -0.2) is 4.39 Å². The van der Waals surface area contributed by atoms with Crippen LogP contribution in [0.1, 0.15) is 38.4 Å². The molecule has 2 unspecified atom stereocenters. The third kappa shape index (κ3) is 3.20. The largest absolute Gasteiger partial charge is 0.398 e. The number of aliphatic hydroxyl groups is 1. The highest BCUT2D eigenvalue weighted by Gasteiger charge is 2.14. The molecule has 0 bridgehead atoms. The summed E-state index contributed by atoms with van der Waals surface area (Å²) in [7, 11) is 0. The van der Waals surface area contributed by atoms with Crippen molar-refractivity contribution in [2.75, 3.05) is 5.73 Å². The average molecular weight is 211 g/mol. The van der Waals surface area contributed by atoms with Crippen molar-refractivity contribution in [1.29, 1.82) is 0 Å². The van der Waals surface area contributed by atoms with Gasteiger partial charge in [-0.2, -0.15) is 0 Å². The molecular formula is C12H18FNO. The van der Waals surface area contributed by atoms with Gasteiger partial charge in [-0.15, -0.1) is 0 Å². The molecule has 0 radical (unpaired) electrons. The number of aliphatic hydroxyl groups excluding tert-OH is 1. The molecule has 1 aromatic rings. The number of hydrogen-bond donors (Lipinski definition) is 2. The van der Waals surface area contributed by atoms with Gasteiger partial charge < -0.3 is 10.8 Å². The van der Waals surface area contributed by atoms with E-state index < -0.39 is 6.10 Å². The lowest BCUT2D eigenvalue weighted by Gasteiger charge is -2.16. The van der Waals surface area contributed by atoms with E-state index in [0.717, 1.165) is 6.42 Å². The topological polar surface area (TPSA) is 46.2 Å². The van der Waals surface area contributed by atoms with Crippen LogP contribution in [0.2, 0.25) is 0 Å². The van der Waals surface area contributed by atoms with E-state index in [9.17, 15) is 9.50 Å². The Kier molecular flexibility index (Phi) is 4.09. The summed E-state index contributed by atoms with van der Waals surface area (Å²) in [4.78, 5) is 0. The van der Waals surface area contributed by atoms with Crippen molar-refractivity contribution in [3.63, 3.8) is 0 Å².